The van der Waals surface area contributed by atoms with Crippen molar-refractivity contribution in [1.82, 2.24) is 4.98 Å². The van der Waals surface area contributed by atoms with Crippen LogP contribution in [0.4, 0.5) is 0 Å². The topological polar surface area (TPSA) is 39.2 Å². The van der Waals surface area contributed by atoms with Gasteiger partial charge in [-0.1, -0.05) is 22.0 Å². The number of thiophene rings is 1. The van der Waals surface area contributed by atoms with Crippen LogP contribution in [0, 0.1) is 0 Å². The lowest BCUT2D eigenvalue weighted by atomic mass is 10.2. The SMILES string of the molecule is COC(=O)c1sc2ncccc2c1CBr. The summed E-state index contributed by atoms with van der Waals surface area (Å²) in [5, 5.41) is 1.64. The van der Waals surface area contributed by atoms with Gasteiger partial charge in [-0.3, -0.25) is 0 Å². The number of fused-ring (bicyclic) bond motifs is 1. The number of halogens is 1. The predicted octanol–water partition coefficient (Wildman–Crippen LogP) is 2.98. The zero-order chi connectivity index (χ0) is 10.8. The van der Waals surface area contributed by atoms with Crippen LogP contribution < -0.4 is 0 Å². The van der Waals surface area contributed by atoms with Crippen molar-refractivity contribution in [2.75, 3.05) is 7.11 Å². The van der Waals surface area contributed by atoms with Crippen molar-refractivity contribution >= 4 is 43.5 Å². The quantitative estimate of drug-likeness (QED) is 0.629. The first-order valence-electron chi connectivity index (χ1n) is 4.28. The second kappa shape index (κ2) is 4.28. The predicted molar refractivity (Wildman–Crippen MR) is 63.6 cm³/mol. The number of pyridine rings is 1. The lowest BCUT2D eigenvalue weighted by molar-refractivity contribution is 0.0605. The van der Waals surface area contributed by atoms with Gasteiger partial charge >= 0.3 is 5.97 Å². The molecule has 2 heterocycles. The van der Waals surface area contributed by atoms with E-state index < -0.39 is 0 Å². The summed E-state index contributed by atoms with van der Waals surface area (Å²) in [6.07, 6.45) is 1.72. The summed E-state index contributed by atoms with van der Waals surface area (Å²) < 4.78 is 4.73. The van der Waals surface area contributed by atoms with Crippen molar-refractivity contribution in [3.63, 3.8) is 0 Å². The van der Waals surface area contributed by atoms with Crippen LogP contribution in [-0.2, 0) is 10.1 Å². The third-order valence-electron chi connectivity index (χ3n) is 2.07. The van der Waals surface area contributed by atoms with Gasteiger partial charge in [0.2, 0.25) is 0 Å². The fraction of sp³-hybridized carbons (Fsp3) is 0.200. The maximum absolute atomic E-state index is 11.5. The van der Waals surface area contributed by atoms with Crippen LogP contribution in [0.25, 0.3) is 10.2 Å². The third-order valence-corrected chi connectivity index (χ3v) is 3.77. The number of hydrogen-bond acceptors (Lipinski definition) is 4. The first kappa shape index (κ1) is 10.6. The lowest BCUT2D eigenvalue weighted by Crippen LogP contribution is -2.00. The van der Waals surface area contributed by atoms with E-state index in [1.807, 2.05) is 12.1 Å². The minimum Gasteiger partial charge on any atom is -0.465 e. The molecule has 0 saturated heterocycles. The fourth-order valence-electron chi connectivity index (χ4n) is 1.37. The molecule has 2 aromatic heterocycles. The van der Waals surface area contributed by atoms with Crippen LogP contribution in [0.5, 0.6) is 0 Å². The van der Waals surface area contributed by atoms with Crippen LogP contribution in [0.2, 0.25) is 0 Å². The number of alkyl halides is 1. The van der Waals surface area contributed by atoms with Crippen LogP contribution in [0.15, 0.2) is 18.3 Å². The Hall–Kier alpha value is -0.940. The Morgan fingerprint density at radius 3 is 3.13 bits per heavy atom. The molecule has 0 atom stereocenters. The maximum atomic E-state index is 11.5. The number of carbonyl (C=O) groups excluding carboxylic acids is 1. The molecule has 0 N–H and O–H groups in total. The zero-order valence-corrected chi connectivity index (χ0v) is 10.4. The summed E-state index contributed by atoms with van der Waals surface area (Å²) in [6.45, 7) is 0. The number of rotatable bonds is 2. The molecule has 0 bridgehead atoms. The highest BCUT2D eigenvalue weighted by molar-refractivity contribution is 9.08. The van der Waals surface area contributed by atoms with Crippen molar-refractivity contribution in [1.29, 1.82) is 0 Å². The third kappa shape index (κ3) is 1.77. The lowest BCUT2D eigenvalue weighted by Gasteiger charge is -1.97. The normalized spacial score (nSPS) is 10.5. The molecule has 5 heteroatoms. The first-order chi connectivity index (χ1) is 7.27. The molecule has 0 aliphatic heterocycles. The molecule has 0 amide bonds. The smallest absolute Gasteiger partial charge is 0.348 e. The molecule has 0 radical (unpaired) electrons. The van der Waals surface area contributed by atoms with Gasteiger partial charge in [-0.05, 0) is 11.6 Å². The van der Waals surface area contributed by atoms with Gasteiger partial charge in [-0.15, -0.1) is 11.3 Å². The number of hydrogen-bond donors (Lipinski definition) is 0. The summed E-state index contributed by atoms with van der Waals surface area (Å²) in [6, 6.07) is 3.82. The van der Waals surface area contributed by atoms with Gasteiger partial charge in [-0.2, -0.15) is 0 Å². The Morgan fingerprint density at radius 1 is 1.67 bits per heavy atom. The highest BCUT2D eigenvalue weighted by atomic mass is 79.9. The Balaban J connectivity index is 2.69. The molecule has 3 nitrogen and oxygen atoms in total. The summed E-state index contributed by atoms with van der Waals surface area (Å²) in [5.74, 6) is -0.299. The van der Waals surface area contributed by atoms with E-state index in [-0.39, 0.29) is 5.97 Å². The summed E-state index contributed by atoms with van der Waals surface area (Å²) in [5.41, 5.74) is 0.954. The molecule has 15 heavy (non-hydrogen) atoms. The Morgan fingerprint density at radius 2 is 2.47 bits per heavy atom. The maximum Gasteiger partial charge on any atom is 0.348 e. The minimum absolute atomic E-state index is 0.299. The molecule has 2 rings (SSSR count). The van der Waals surface area contributed by atoms with Crippen LogP contribution in [-0.4, -0.2) is 18.1 Å². The standard InChI is InChI=1S/C10H8BrNO2S/c1-14-10(13)8-7(5-11)6-3-2-4-12-9(6)15-8/h2-4H,5H2,1H3. The van der Waals surface area contributed by atoms with Crippen LogP contribution >= 0.6 is 27.3 Å². The highest BCUT2D eigenvalue weighted by Crippen LogP contribution is 2.31. The second-order valence-electron chi connectivity index (χ2n) is 2.89. The molecule has 0 saturated carbocycles. The molecule has 78 valence electrons. The summed E-state index contributed by atoms with van der Waals surface area (Å²) in [4.78, 5) is 17.2. The number of nitrogens with zero attached hydrogens (tertiary/aromatic N) is 1. The van der Waals surface area contributed by atoms with Crippen molar-refractivity contribution in [2.45, 2.75) is 5.33 Å². The van der Waals surface area contributed by atoms with E-state index in [4.69, 9.17) is 4.74 Å². The van der Waals surface area contributed by atoms with Gasteiger partial charge in [0.1, 0.15) is 9.71 Å². The molecule has 0 spiro atoms. The molecule has 0 unspecified atom stereocenters. The molecular formula is C10H8BrNO2S. The van der Waals surface area contributed by atoms with E-state index in [0.29, 0.717) is 10.2 Å². The molecule has 0 aliphatic carbocycles. The molecule has 0 aliphatic rings. The van der Waals surface area contributed by atoms with E-state index in [1.54, 1.807) is 6.20 Å². The second-order valence-corrected chi connectivity index (χ2v) is 4.45. The number of esters is 1. The monoisotopic (exact) mass is 285 g/mol. The van der Waals surface area contributed by atoms with Crippen LogP contribution in [0.1, 0.15) is 15.2 Å². The van der Waals surface area contributed by atoms with Crippen LogP contribution in [0.3, 0.4) is 0 Å². The number of aromatic nitrogens is 1. The van der Waals surface area contributed by atoms with Gasteiger partial charge in [0, 0.05) is 16.9 Å². The molecule has 0 aromatic carbocycles. The van der Waals surface area contributed by atoms with Crippen molar-refractivity contribution in [3.8, 4) is 0 Å². The molecule has 2 aromatic rings. The zero-order valence-electron chi connectivity index (χ0n) is 7.99. The van der Waals surface area contributed by atoms with Crippen molar-refractivity contribution in [2.24, 2.45) is 0 Å². The van der Waals surface area contributed by atoms with E-state index in [1.165, 1.54) is 18.4 Å². The van der Waals surface area contributed by atoms with E-state index >= 15 is 0 Å². The fourth-order valence-corrected chi connectivity index (χ4v) is 3.22. The van der Waals surface area contributed by atoms with Gasteiger partial charge in [0.15, 0.2) is 0 Å². The van der Waals surface area contributed by atoms with E-state index in [9.17, 15) is 4.79 Å². The Kier molecular flexibility index (Phi) is 3.02. The molecular weight excluding hydrogens is 278 g/mol. The Labute approximate surface area is 99.2 Å². The minimum atomic E-state index is -0.299. The van der Waals surface area contributed by atoms with E-state index in [2.05, 4.69) is 20.9 Å². The summed E-state index contributed by atoms with van der Waals surface area (Å²) >= 11 is 4.74. The molecule has 0 fully saturated rings. The summed E-state index contributed by atoms with van der Waals surface area (Å²) in [7, 11) is 1.39. The van der Waals surface area contributed by atoms with Gasteiger partial charge in [0.05, 0.1) is 7.11 Å². The number of ether oxygens (including phenoxy) is 1. The highest BCUT2D eigenvalue weighted by Gasteiger charge is 2.18. The van der Waals surface area contributed by atoms with E-state index in [0.717, 1.165) is 15.8 Å². The number of methoxy groups -OCH3 is 1. The van der Waals surface area contributed by atoms with Gasteiger partial charge < -0.3 is 4.74 Å². The number of carbonyl (C=O) groups is 1. The van der Waals surface area contributed by atoms with Crippen molar-refractivity contribution < 1.29 is 9.53 Å². The van der Waals surface area contributed by atoms with Gasteiger partial charge in [-0.25, -0.2) is 9.78 Å². The largest absolute Gasteiger partial charge is 0.465 e. The first-order valence-corrected chi connectivity index (χ1v) is 6.22. The average molecular weight is 286 g/mol. The average Bonchev–Trinajstić information content (AvgIpc) is 2.66. The van der Waals surface area contributed by atoms with Gasteiger partial charge in [0.25, 0.3) is 0 Å². The Bertz CT molecular complexity index is 509. The van der Waals surface area contributed by atoms with Crippen molar-refractivity contribution in [3.05, 3.63) is 28.8 Å².